The van der Waals surface area contributed by atoms with Gasteiger partial charge in [0.25, 0.3) is 0 Å². The van der Waals surface area contributed by atoms with Crippen LogP contribution in [0.15, 0.2) is 6.07 Å². The van der Waals surface area contributed by atoms with Crippen LogP contribution in [0.2, 0.25) is 0 Å². The minimum atomic E-state index is 0.801. The van der Waals surface area contributed by atoms with E-state index >= 15 is 0 Å². The highest BCUT2D eigenvalue weighted by Crippen LogP contribution is 2.55. The van der Waals surface area contributed by atoms with Gasteiger partial charge in [0.2, 0.25) is 0 Å². The molecule has 2 atom stereocenters. The van der Waals surface area contributed by atoms with E-state index in [1.807, 2.05) is 0 Å². The molecule has 1 aromatic heterocycles. The van der Waals surface area contributed by atoms with E-state index in [2.05, 4.69) is 6.07 Å². The van der Waals surface area contributed by atoms with Crippen LogP contribution in [0.1, 0.15) is 51.2 Å². The molecule has 62 valence electrons. The fraction of sp³-hybridized carbons (Fsp3) is 0.500. The Morgan fingerprint density at radius 1 is 1.42 bits per heavy atom. The maximum absolute atomic E-state index is 10.6. The van der Waals surface area contributed by atoms with E-state index in [9.17, 15) is 4.79 Å². The SMILES string of the molecule is O=Cc1cc2c(s1)C1CCC2C1. The van der Waals surface area contributed by atoms with Gasteiger partial charge in [0.15, 0.2) is 6.29 Å². The summed E-state index contributed by atoms with van der Waals surface area (Å²) in [7, 11) is 0. The third-order valence-electron chi connectivity index (χ3n) is 3.17. The van der Waals surface area contributed by atoms with Gasteiger partial charge in [-0.2, -0.15) is 0 Å². The normalized spacial score (nSPS) is 30.7. The molecule has 0 amide bonds. The number of aldehydes is 1. The van der Waals surface area contributed by atoms with Crippen LogP contribution >= 0.6 is 11.3 Å². The average Bonchev–Trinajstić information content (AvgIpc) is 2.75. The fourth-order valence-corrected chi connectivity index (χ4v) is 3.85. The molecule has 0 radical (unpaired) electrons. The predicted octanol–water partition coefficient (Wildman–Crippen LogP) is 2.93. The summed E-state index contributed by atoms with van der Waals surface area (Å²) in [5, 5.41) is 0. The van der Waals surface area contributed by atoms with Crippen molar-refractivity contribution in [1.82, 2.24) is 0 Å². The Kier molecular flexibility index (Phi) is 1.25. The number of carbonyl (C=O) groups excluding carboxylic acids is 1. The molecule has 1 aromatic rings. The van der Waals surface area contributed by atoms with Gasteiger partial charge in [-0.3, -0.25) is 4.79 Å². The van der Waals surface area contributed by atoms with E-state index < -0.39 is 0 Å². The van der Waals surface area contributed by atoms with E-state index in [4.69, 9.17) is 0 Å². The molecule has 2 aliphatic rings. The van der Waals surface area contributed by atoms with Crippen molar-refractivity contribution in [2.24, 2.45) is 0 Å². The molecule has 12 heavy (non-hydrogen) atoms. The largest absolute Gasteiger partial charge is 0.297 e. The van der Waals surface area contributed by atoms with E-state index in [-0.39, 0.29) is 0 Å². The van der Waals surface area contributed by atoms with Crippen molar-refractivity contribution >= 4 is 17.6 Å². The second-order valence-corrected chi connectivity index (χ2v) is 4.91. The van der Waals surface area contributed by atoms with Crippen LogP contribution in [-0.2, 0) is 0 Å². The van der Waals surface area contributed by atoms with E-state index in [0.717, 1.165) is 23.0 Å². The molecule has 2 unspecified atom stereocenters. The molecule has 1 heterocycles. The van der Waals surface area contributed by atoms with Gasteiger partial charge in [-0.05, 0) is 42.7 Å². The van der Waals surface area contributed by atoms with Crippen LogP contribution in [0.3, 0.4) is 0 Å². The number of hydrogen-bond acceptors (Lipinski definition) is 2. The predicted molar refractivity (Wildman–Crippen MR) is 49.0 cm³/mol. The van der Waals surface area contributed by atoms with Gasteiger partial charge in [0.05, 0.1) is 4.88 Å². The minimum Gasteiger partial charge on any atom is -0.297 e. The van der Waals surface area contributed by atoms with Crippen LogP contribution in [0.4, 0.5) is 0 Å². The van der Waals surface area contributed by atoms with Gasteiger partial charge >= 0.3 is 0 Å². The fourth-order valence-electron chi connectivity index (χ4n) is 2.64. The summed E-state index contributed by atoms with van der Waals surface area (Å²) in [4.78, 5) is 13.0. The number of carbonyl (C=O) groups is 1. The molecular formula is C10H10OS. The Balaban J connectivity index is 2.16. The van der Waals surface area contributed by atoms with Crippen molar-refractivity contribution in [2.45, 2.75) is 31.1 Å². The highest BCUT2D eigenvalue weighted by atomic mass is 32.1. The van der Waals surface area contributed by atoms with E-state index in [1.54, 1.807) is 11.3 Å². The van der Waals surface area contributed by atoms with Crippen molar-refractivity contribution in [3.05, 3.63) is 21.4 Å². The molecule has 2 aliphatic carbocycles. The first-order valence-electron chi connectivity index (χ1n) is 4.47. The summed E-state index contributed by atoms with van der Waals surface area (Å²) in [6.07, 6.45) is 5.06. The second-order valence-electron chi connectivity index (χ2n) is 3.79. The zero-order valence-electron chi connectivity index (χ0n) is 6.75. The van der Waals surface area contributed by atoms with Crippen molar-refractivity contribution in [2.75, 3.05) is 0 Å². The summed E-state index contributed by atoms with van der Waals surface area (Å²) < 4.78 is 0. The van der Waals surface area contributed by atoms with Gasteiger partial charge in [0, 0.05) is 4.88 Å². The lowest BCUT2D eigenvalue weighted by Crippen LogP contribution is -1.91. The Bertz CT molecular complexity index is 312. The Hall–Kier alpha value is -0.630. The van der Waals surface area contributed by atoms with Crippen LogP contribution in [0.5, 0.6) is 0 Å². The molecule has 0 aliphatic heterocycles. The van der Waals surface area contributed by atoms with Gasteiger partial charge < -0.3 is 0 Å². The summed E-state index contributed by atoms with van der Waals surface area (Å²) in [5.74, 6) is 1.61. The third kappa shape index (κ3) is 0.712. The lowest BCUT2D eigenvalue weighted by Gasteiger charge is -2.07. The van der Waals surface area contributed by atoms with Crippen LogP contribution in [-0.4, -0.2) is 6.29 Å². The lowest BCUT2D eigenvalue weighted by molar-refractivity contribution is 0.112. The molecule has 1 nitrogen and oxygen atoms in total. The van der Waals surface area contributed by atoms with Crippen LogP contribution in [0.25, 0.3) is 0 Å². The highest BCUT2D eigenvalue weighted by Gasteiger charge is 2.38. The molecule has 1 saturated carbocycles. The molecule has 0 spiro atoms. The molecule has 0 N–H and O–H groups in total. The molecular weight excluding hydrogens is 168 g/mol. The highest BCUT2D eigenvalue weighted by molar-refractivity contribution is 7.14. The quantitative estimate of drug-likeness (QED) is 0.604. The monoisotopic (exact) mass is 178 g/mol. The number of hydrogen-bond donors (Lipinski definition) is 0. The lowest BCUT2D eigenvalue weighted by atomic mass is 9.99. The van der Waals surface area contributed by atoms with Gasteiger partial charge in [-0.25, -0.2) is 0 Å². The maximum atomic E-state index is 10.6. The first-order chi connectivity index (χ1) is 5.88. The maximum Gasteiger partial charge on any atom is 0.160 e. The summed E-state index contributed by atoms with van der Waals surface area (Å²) >= 11 is 1.72. The van der Waals surface area contributed by atoms with Gasteiger partial charge in [-0.15, -0.1) is 11.3 Å². The number of fused-ring (bicyclic) bond motifs is 5. The second kappa shape index (κ2) is 2.19. The standard InChI is InChI=1S/C10H10OS/c11-5-8-4-9-6-1-2-7(3-6)10(9)12-8/h4-7H,1-3H2. The Morgan fingerprint density at radius 2 is 2.25 bits per heavy atom. The average molecular weight is 178 g/mol. The molecule has 2 heteroatoms. The third-order valence-corrected chi connectivity index (χ3v) is 4.41. The number of rotatable bonds is 1. The Morgan fingerprint density at radius 3 is 3.00 bits per heavy atom. The van der Waals surface area contributed by atoms with Crippen molar-refractivity contribution in [3.8, 4) is 0 Å². The summed E-state index contributed by atoms with van der Waals surface area (Å²) in [6, 6.07) is 2.11. The Labute approximate surface area is 75.4 Å². The van der Waals surface area contributed by atoms with Crippen LogP contribution < -0.4 is 0 Å². The smallest absolute Gasteiger partial charge is 0.160 e. The van der Waals surface area contributed by atoms with E-state index in [0.29, 0.717) is 0 Å². The van der Waals surface area contributed by atoms with Crippen LogP contribution in [0, 0.1) is 0 Å². The summed E-state index contributed by atoms with van der Waals surface area (Å²) in [5.41, 5.74) is 1.50. The topological polar surface area (TPSA) is 17.1 Å². The van der Waals surface area contributed by atoms with E-state index in [1.165, 1.54) is 29.7 Å². The zero-order valence-corrected chi connectivity index (χ0v) is 7.56. The number of thiophene rings is 1. The molecule has 0 saturated heterocycles. The molecule has 3 rings (SSSR count). The minimum absolute atomic E-state index is 0.801. The zero-order chi connectivity index (χ0) is 8.13. The molecule has 1 fully saturated rings. The van der Waals surface area contributed by atoms with Crippen molar-refractivity contribution in [3.63, 3.8) is 0 Å². The molecule has 0 aromatic carbocycles. The molecule has 2 bridgehead atoms. The first-order valence-corrected chi connectivity index (χ1v) is 5.29. The van der Waals surface area contributed by atoms with Crippen molar-refractivity contribution in [1.29, 1.82) is 0 Å². The summed E-state index contributed by atoms with van der Waals surface area (Å²) in [6.45, 7) is 0. The van der Waals surface area contributed by atoms with Gasteiger partial charge in [0.1, 0.15) is 0 Å². The first kappa shape index (κ1) is 6.84. The van der Waals surface area contributed by atoms with Gasteiger partial charge in [-0.1, -0.05) is 0 Å². The van der Waals surface area contributed by atoms with Crippen molar-refractivity contribution < 1.29 is 4.79 Å².